The van der Waals surface area contributed by atoms with Crippen molar-refractivity contribution in [1.29, 1.82) is 0 Å². The van der Waals surface area contributed by atoms with Crippen LogP contribution in [0.2, 0.25) is 0 Å². The van der Waals surface area contributed by atoms with E-state index in [2.05, 4.69) is 10.3 Å². The molecule has 4 nitrogen and oxygen atoms in total. The van der Waals surface area contributed by atoms with Crippen LogP contribution in [0.25, 0.3) is 10.9 Å². The van der Waals surface area contributed by atoms with Gasteiger partial charge >= 0.3 is 5.97 Å². The number of aromatic nitrogens is 1. The van der Waals surface area contributed by atoms with Gasteiger partial charge in [0.15, 0.2) is 0 Å². The van der Waals surface area contributed by atoms with Crippen LogP contribution < -0.4 is 5.32 Å². The van der Waals surface area contributed by atoms with E-state index >= 15 is 0 Å². The molecule has 0 fully saturated rings. The fourth-order valence-electron chi connectivity index (χ4n) is 2.15. The summed E-state index contributed by atoms with van der Waals surface area (Å²) in [6, 6.07) is 16.8. The molecule has 3 aromatic rings. The van der Waals surface area contributed by atoms with E-state index in [-0.39, 0.29) is 0 Å². The van der Waals surface area contributed by atoms with Crippen molar-refractivity contribution in [1.82, 2.24) is 4.98 Å². The molecule has 0 saturated heterocycles. The van der Waals surface area contributed by atoms with Crippen molar-refractivity contribution in [3.05, 3.63) is 71.9 Å². The number of hydrogen-bond acceptors (Lipinski definition) is 3. The molecule has 0 radical (unpaired) electrons. The number of pyridine rings is 1. The molecule has 0 aliphatic rings. The van der Waals surface area contributed by atoms with Crippen LogP contribution in [0, 0.1) is 0 Å². The Kier molecular flexibility index (Phi) is 3.51. The first-order chi connectivity index (χ1) is 10.2. The average Bonchev–Trinajstić information content (AvgIpc) is 2.53. The molecular formula is C17H14N2O2. The Balaban J connectivity index is 1.72. The zero-order valence-electron chi connectivity index (χ0n) is 11.3. The largest absolute Gasteiger partial charge is 0.478 e. The Morgan fingerprint density at radius 1 is 1.10 bits per heavy atom. The van der Waals surface area contributed by atoms with Crippen LogP contribution >= 0.6 is 0 Å². The van der Waals surface area contributed by atoms with E-state index in [9.17, 15) is 4.79 Å². The first-order valence-corrected chi connectivity index (χ1v) is 6.63. The topological polar surface area (TPSA) is 62.2 Å². The Labute approximate surface area is 122 Å². The van der Waals surface area contributed by atoms with Crippen LogP contribution in [0.15, 0.2) is 60.8 Å². The standard InChI is InChI=1S/C17H14N2O2/c20-17(21)13-5-3-12(4-6-13)11-19-15-7-8-16-14(10-15)2-1-9-18-16/h1-10,19H,11H2,(H,20,21). The molecule has 1 aromatic heterocycles. The molecule has 0 unspecified atom stereocenters. The Morgan fingerprint density at radius 3 is 2.67 bits per heavy atom. The molecule has 1 heterocycles. The predicted molar refractivity (Wildman–Crippen MR) is 82.5 cm³/mol. The number of anilines is 1. The van der Waals surface area contributed by atoms with E-state index in [1.807, 2.05) is 42.5 Å². The van der Waals surface area contributed by atoms with Gasteiger partial charge in [0.1, 0.15) is 0 Å². The highest BCUT2D eigenvalue weighted by atomic mass is 16.4. The van der Waals surface area contributed by atoms with Crippen molar-refractivity contribution in [2.24, 2.45) is 0 Å². The minimum absolute atomic E-state index is 0.301. The summed E-state index contributed by atoms with van der Waals surface area (Å²) >= 11 is 0. The molecule has 21 heavy (non-hydrogen) atoms. The number of carboxylic acids is 1. The Hall–Kier alpha value is -2.88. The first-order valence-electron chi connectivity index (χ1n) is 6.63. The fourth-order valence-corrected chi connectivity index (χ4v) is 2.15. The summed E-state index contributed by atoms with van der Waals surface area (Å²) in [5.74, 6) is -0.906. The number of nitrogens with one attached hydrogen (secondary N) is 1. The summed E-state index contributed by atoms with van der Waals surface area (Å²) in [6.45, 7) is 0.645. The minimum Gasteiger partial charge on any atom is -0.478 e. The van der Waals surface area contributed by atoms with Crippen LogP contribution in [0.4, 0.5) is 5.69 Å². The maximum atomic E-state index is 10.8. The van der Waals surface area contributed by atoms with Gasteiger partial charge in [-0.3, -0.25) is 4.98 Å². The average molecular weight is 278 g/mol. The van der Waals surface area contributed by atoms with Crippen LogP contribution in [0.1, 0.15) is 15.9 Å². The number of carbonyl (C=O) groups is 1. The lowest BCUT2D eigenvalue weighted by Gasteiger charge is -2.08. The molecule has 0 spiro atoms. The van der Waals surface area contributed by atoms with Gasteiger partial charge in [-0.1, -0.05) is 18.2 Å². The van der Waals surface area contributed by atoms with E-state index in [4.69, 9.17) is 5.11 Å². The van der Waals surface area contributed by atoms with Gasteiger partial charge in [0.05, 0.1) is 11.1 Å². The van der Waals surface area contributed by atoms with Crippen molar-refractivity contribution >= 4 is 22.6 Å². The number of fused-ring (bicyclic) bond motifs is 1. The number of hydrogen-bond donors (Lipinski definition) is 2. The molecule has 2 N–H and O–H groups in total. The third-order valence-corrected chi connectivity index (χ3v) is 3.30. The molecule has 0 atom stereocenters. The summed E-state index contributed by atoms with van der Waals surface area (Å²) < 4.78 is 0. The molecule has 3 rings (SSSR count). The third kappa shape index (κ3) is 3.00. The van der Waals surface area contributed by atoms with Crippen molar-refractivity contribution in [2.45, 2.75) is 6.54 Å². The lowest BCUT2D eigenvalue weighted by molar-refractivity contribution is 0.0697. The lowest BCUT2D eigenvalue weighted by Crippen LogP contribution is -2.01. The summed E-state index contributed by atoms with van der Waals surface area (Å²) in [5.41, 5.74) is 3.31. The maximum Gasteiger partial charge on any atom is 0.335 e. The van der Waals surface area contributed by atoms with Crippen molar-refractivity contribution < 1.29 is 9.90 Å². The number of benzene rings is 2. The number of aromatic carboxylic acids is 1. The molecular weight excluding hydrogens is 264 g/mol. The van der Waals surface area contributed by atoms with Gasteiger partial charge in [-0.2, -0.15) is 0 Å². The second-order valence-electron chi connectivity index (χ2n) is 4.77. The van der Waals surface area contributed by atoms with Gasteiger partial charge in [0, 0.05) is 23.8 Å². The van der Waals surface area contributed by atoms with Gasteiger partial charge in [0.25, 0.3) is 0 Å². The molecule has 0 bridgehead atoms. The molecule has 0 aliphatic carbocycles. The van der Waals surface area contributed by atoms with E-state index in [0.717, 1.165) is 22.2 Å². The number of carboxylic acid groups (broad SMARTS) is 1. The van der Waals surface area contributed by atoms with Crippen molar-refractivity contribution in [2.75, 3.05) is 5.32 Å². The van der Waals surface area contributed by atoms with Crippen molar-refractivity contribution in [3.8, 4) is 0 Å². The zero-order valence-corrected chi connectivity index (χ0v) is 11.3. The minimum atomic E-state index is -0.906. The predicted octanol–water partition coefficient (Wildman–Crippen LogP) is 3.55. The third-order valence-electron chi connectivity index (χ3n) is 3.30. The number of nitrogens with zero attached hydrogens (tertiary/aromatic N) is 1. The van der Waals surface area contributed by atoms with E-state index < -0.39 is 5.97 Å². The summed E-state index contributed by atoms with van der Waals surface area (Å²) in [7, 11) is 0. The zero-order chi connectivity index (χ0) is 14.7. The van der Waals surface area contributed by atoms with Gasteiger partial charge in [0.2, 0.25) is 0 Å². The Bertz CT molecular complexity index is 782. The maximum absolute atomic E-state index is 10.8. The summed E-state index contributed by atoms with van der Waals surface area (Å²) in [4.78, 5) is 15.1. The molecule has 0 aliphatic heterocycles. The quantitative estimate of drug-likeness (QED) is 0.766. The smallest absolute Gasteiger partial charge is 0.335 e. The van der Waals surface area contributed by atoms with Gasteiger partial charge in [-0.25, -0.2) is 4.79 Å². The van der Waals surface area contributed by atoms with Crippen LogP contribution in [0.5, 0.6) is 0 Å². The van der Waals surface area contributed by atoms with Crippen molar-refractivity contribution in [3.63, 3.8) is 0 Å². The van der Waals surface area contributed by atoms with Gasteiger partial charge in [-0.15, -0.1) is 0 Å². The molecule has 4 heteroatoms. The van der Waals surface area contributed by atoms with Gasteiger partial charge < -0.3 is 10.4 Å². The number of rotatable bonds is 4. The SMILES string of the molecule is O=C(O)c1ccc(CNc2ccc3ncccc3c2)cc1. The highest BCUT2D eigenvalue weighted by Gasteiger charge is 2.02. The molecule has 0 amide bonds. The highest BCUT2D eigenvalue weighted by molar-refractivity contribution is 5.87. The van der Waals surface area contributed by atoms with E-state index in [1.54, 1.807) is 18.3 Å². The normalized spacial score (nSPS) is 10.5. The van der Waals surface area contributed by atoms with Gasteiger partial charge in [-0.05, 0) is 42.0 Å². The van der Waals surface area contributed by atoms with Crippen LogP contribution in [-0.4, -0.2) is 16.1 Å². The van der Waals surface area contributed by atoms with Crippen LogP contribution in [0.3, 0.4) is 0 Å². The van der Waals surface area contributed by atoms with E-state index in [1.165, 1.54) is 0 Å². The molecule has 104 valence electrons. The Morgan fingerprint density at radius 2 is 1.90 bits per heavy atom. The van der Waals surface area contributed by atoms with E-state index in [0.29, 0.717) is 12.1 Å². The monoisotopic (exact) mass is 278 g/mol. The lowest BCUT2D eigenvalue weighted by atomic mass is 10.1. The second-order valence-corrected chi connectivity index (χ2v) is 4.77. The molecule has 2 aromatic carbocycles. The first kappa shape index (κ1) is 13.1. The van der Waals surface area contributed by atoms with Crippen LogP contribution in [-0.2, 0) is 6.54 Å². The summed E-state index contributed by atoms with van der Waals surface area (Å²) in [5, 5.41) is 13.3. The molecule has 0 saturated carbocycles. The highest BCUT2D eigenvalue weighted by Crippen LogP contribution is 2.17. The second kappa shape index (κ2) is 5.63. The fraction of sp³-hybridized carbons (Fsp3) is 0.0588. The summed E-state index contributed by atoms with van der Waals surface area (Å²) in [6.07, 6.45) is 1.78.